The number of hydrogen-bond acceptors (Lipinski definition) is 2. The van der Waals surface area contributed by atoms with Gasteiger partial charge in [0.25, 0.3) is 0 Å². The van der Waals surface area contributed by atoms with Gasteiger partial charge < -0.3 is 5.21 Å². The van der Waals surface area contributed by atoms with E-state index in [1.165, 1.54) is 5.06 Å². The average molecular weight is 243 g/mol. The highest BCUT2D eigenvalue weighted by Gasteiger charge is 2.02. The Morgan fingerprint density at radius 1 is 0.722 bits per heavy atom. The molecule has 0 aromatic heterocycles. The van der Waals surface area contributed by atoms with Crippen LogP contribution in [-0.2, 0) is 13.1 Å². The number of rotatable bonds is 4. The summed E-state index contributed by atoms with van der Waals surface area (Å²) in [7, 11) is 0. The largest absolute Gasteiger partial charge is 0.313 e. The quantitative estimate of drug-likeness (QED) is 0.817. The van der Waals surface area contributed by atoms with E-state index in [0.717, 1.165) is 11.1 Å². The van der Waals surface area contributed by atoms with Crippen molar-refractivity contribution in [2.75, 3.05) is 0 Å². The van der Waals surface area contributed by atoms with Gasteiger partial charge in [0.05, 0.1) is 0 Å². The van der Waals surface area contributed by atoms with Crippen molar-refractivity contribution in [3.05, 3.63) is 71.8 Å². The predicted molar refractivity (Wildman–Crippen MR) is 75.3 cm³/mol. The fourth-order valence-electron chi connectivity index (χ4n) is 1.64. The summed E-state index contributed by atoms with van der Waals surface area (Å²) in [5.41, 5.74) is 2.22. The number of nitrogens with zero attached hydrogens (tertiary/aromatic N) is 1. The Morgan fingerprint density at radius 2 is 1.06 bits per heavy atom. The van der Waals surface area contributed by atoms with Crippen LogP contribution in [0.2, 0.25) is 0 Å². The molecular formula is C16H21NO. The van der Waals surface area contributed by atoms with Crippen LogP contribution in [0.3, 0.4) is 0 Å². The lowest BCUT2D eigenvalue weighted by molar-refractivity contribution is -0.108. The van der Waals surface area contributed by atoms with Gasteiger partial charge in [-0.3, -0.25) is 0 Å². The Hall–Kier alpha value is -1.64. The summed E-state index contributed by atoms with van der Waals surface area (Å²) in [5, 5.41) is 11.1. The Labute approximate surface area is 109 Å². The molecule has 0 aliphatic rings. The summed E-state index contributed by atoms with van der Waals surface area (Å²) < 4.78 is 0. The van der Waals surface area contributed by atoms with Crippen molar-refractivity contribution >= 4 is 0 Å². The zero-order valence-corrected chi connectivity index (χ0v) is 11.1. The van der Waals surface area contributed by atoms with Crippen LogP contribution in [0.15, 0.2) is 60.7 Å². The maximum absolute atomic E-state index is 9.79. The van der Waals surface area contributed by atoms with Gasteiger partial charge in [0.2, 0.25) is 0 Å². The first-order valence-electron chi connectivity index (χ1n) is 6.36. The highest BCUT2D eigenvalue weighted by Crippen LogP contribution is 2.07. The molecule has 1 N–H and O–H groups in total. The molecule has 0 spiro atoms. The second-order valence-corrected chi connectivity index (χ2v) is 3.79. The molecule has 0 saturated heterocycles. The summed E-state index contributed by atoms with van der Waals surface area (Å²) in [6.07, 6.45) is 0. The first kappa shape index (κ1) is 14.4. The first-order valence-corrected chi connectivity index (χ1v) is 6.36. The van der Waals surface area contributed by atoms with Gasteiger partial charge in [-0.1, -0.05) is 74.5 Å². The fourth-order valence-corrected chi connectivity index (χ4v) is 1.64. The van der Waals surface area contributed by atoms with Crippen LogP contribution in [0, 0.1) is 0 Å². The van der Waals surface area contributed by atoms with E-state index in [0.29, 0.717) is 13.1 Å². The van der Waals surface area contributed by atoms with E-state index in [1.807, 2.05) is 74.5 Å². The van der Waals surface area contributed by atoms with Gasteiger partial charge in [0, 0.05) is 13.1 Å². The van der Waals surface area contributed by atoms with E-state index < -0.39 is 0 Å². The van der Waals surface area contributed by atoms with Crippen LogP contribution < -0.4 is 0 Å². The smallest absolute Gasteiger partial charge is 0.0492 e. The number of hydrogen-bond donors (Lipinski definition) is 1. The molecule has 0 aliphatic carbocycles. The van der Waals surface area contributed by atoms with E-state index in [1.54, 1.807) is 0 Å². The van der Waals surface area contributed by atoms with Gasteiger partial charge in [-0.2, -0.15) is 5.06 Å². The van der Waals surface area contributed by atoms with Crippen molar-refractivity contribution < 1.29 is 5.21 Å². The van der Waals surface area contributed by atoms with Crippen molar-refractivity contribution in [3.63, 3.8) is 0 Å². The van der Waals surface area contributed by atoms with Gasteiger partial charge in [-0.15, -0.1) is 0 Å². The topological polar surface area (TPSA) is 23.5 Å². The van der Waals surface area contributed by atoms with Crippen LogP contribution in [0.25, 0.3) is 0 Å². The van der Waals surface area contributed by atoms with Gasteiger partial charge in [-0.25, -0.2) is 0 Å². The summed E-state index contributed by atoms with van der Waals surface area (Å²) >= 11 is 0. The third kappa shape index (κ3) is 5.13. The van der Waals surface area contributed by atoms with Crippen molar-refractivity contribution in [2.45, 2.75) is 26.9 Å². The summed E-state index contributed by atoms with van der Waals surface area (Å²) in [6.45, 7) is 5.10. The van der Waals surface area contributed by atoms with Gasteiger partial charge >= 0.3 is 0 Å². The third-order valence-corrected chi connectivity index (χ3v) is 2.42. The minimum absolute atomic E-state index is 0.551. The Bertz CT molecular complexity index is 372. The molecular weight excluding hydrogens is 222 g/mol. The van der Waals surface area contributed by atoms with E-state index >= 15 is 0 Å². The van der Waals surface area contributed by atoms with E-state index in [4.69, 9.17) is 0 Å². The molecule has 2 heteroatoms. The Balaban J connectivity index is 0.000000771. The Morgan fingerprint density at radius 3 is 1.39 bits per heavy atom. The van der Waals surface area contributed by atoms with Gasteiger partial charge in [0.15, 0.2) is 0 Å². The lowest BCUT2D eigenvalue weighted by atomic mass is 10.2. The highest BCUT2D eigenvalue weighted by atomic mass is 16.5. The zero-order chi connectivity index (χ0) is 13.2. The molecule has 18 heavy (non-hydrogen) atoms. The minimum atomic E-state index is 0.551. The molecule has 2 aromatic rings. The lowest BCUT2D eigenvalue weighted by Crippen LogP contribution is -2.17. The molecule has 96 valence electrons. The zero-order valence-electron chi connectivity index (χ0n) is 11.1. The van der Waals surface area contributed by atoms with Crippen LogP contribution >= 0.6 is 0 Å². The van der Waals surface area contributed by atoms with Crippen LogP contribution in [0.4, 0.5) is 0 Å². The third-order valence-electron chi connectivity index (χ3n) is 2.42. The molecule has 0 atom stereocenters. The van der Waals surface area contributed by atoms with Crippen molar-refractivity contribution in [1.29, 1.82) is 0 Å². The second-order valence-electron chi connectivity index (χ2n) is 3.79. The fraction of sp³-hybridized carbons (Fsp3) is 0.250. The highest BCUT2D eigenvalue weighted by molar-refractivity contribution is 5.16. The molecule has 0 saturated carbocycles. The second kappa shape index (κ2) is 8.45. The normalized spacial score (nSPS) is 9.78. The van der Waals surface area contributed by atoms with E-state index in [-0.39, 0.29) is 0 Å². The van der Waals surface area contributed by atoms with Crippen LogP contribution in [0.1, 0.15) is 25.0 Å². The van der Waals surface area contributed by atoms with Crippen LogP contribution in [0.5, 0.6) is 0 Å². The number of benzene rings is 2. The van der Waals surface area contributed by atoms with Gasteiger partial charge in [0.1, 0.15) is 0 Å². The predicted octanol–water partition coefficient (Wildman–Crippen LogP) is 4.10. The summed E-state index contributed by atoms with van der Waals surface area (Å²) in [4.78, 5) is 0. The van der Waals surface area contributed by atoms with Crippen molar-refractivity contribution in [3.8, 4) is 0 Å². The van der Waals surface area contributed by atoms with E-state index in [9.17, 15) is 5.21 Å². The Kier molecular flexibility index (Phi) is 6.77. The molecule has 0 amide bonds. The van der Waals surface area contributed by atoms with Crippen molar-refractivity contribution in [2.24, 2.45) is 0 Å². The molecule has 2 aromatic carbocycles. The molecule has 0 aliphatic heterocycles. The molecule has 0 bridgehead atoms. The molecule has 0 unspecified atom stereocenters. The summed E-state index contributed by atoms with van der Waals surface area (Å²) in [5.74, 6) is 0. The maximum atomic E-state index is 9.79. The molecule has 2 nitrogen and oxygen atoms in total. The standard InChI is InChI=1S/C14H15NO.C2H6/c16-15(11-13-7-3-1-4-8-13)12-14-9-5-2-6-10-14;1-2/h1-10,16H,11-12H2;1-2H3. The SMILES string of the molecule is CC.ON(Cc1ccccc1)Cc1ccccc1. The summed E-state index contributed by atoms with van der Waals surface area (Å²) in [6, 6.07) is 19.9. The van der Waals surface area contributed by atoms with Crippen molar-refractivity contribution in [1.82, 2.24) is 5.06 Å². The average Bonchev–Trinajstić information content (AvgIpc) is 2.43. The first-order chi connectivity index (χ1) is 8.84. The van der Waals surface area contributed by atoms with Gasteiger partial charge in [-0.05, 0) is 11.1 Å². The molecule has 0 fully saturated rings. The molecule has 0 radical (unpaired) electrons. The van der Waals surface area contributed by atoms with Crippen LogP contribution in [-0.4, -0.2) is 10.3 Å². The lowest BCUT2D eigenvalue weighted by Gasteiger charge is -2.14. The monoisotopic (exact) mass is 243 g/mol. The molecule has 0 heterocycles. The maximum Gasteiger partial charge on any atom is 0.0492 e. The number of hydroxylamine groups is 2. The molecule has 2 rings (SSSR count). The van der Waals surface area contributed by atoms with E-state index in [2.05, 4.69) is 0 Å². The minimum Gasteiger partial charge on any atom is -0.313 e.